The summed E-state index contributed by atoms with van der Waals surface area (Å²) in [7, 11) is 0. The molecule has 0 saturated heterocycles. The molecule has 0 aliphatic rings. The van der Waals surface area contributed by atoms with E-state index in [9.17, 15) is 26.7 Å². The minimum absolute atomic E-state index is 0.0452. The molecule has 4 rings (SSSR count). The largest absolute Gasteiger partial charge is 0.488 e. The van der Waals surface area contributed by atoms with Crippen LogP contribution in [0.5, 0.6) is 11.5 Å². The molecular weight excluding hydrogens is 579 g/mol. The van der Waals surface area contributed by atoms with Crippen molar-refractivity contribution in [3.05, 3.63) is 131 Å². The maximum Gasteiger partial charge on any atom is 0.461 e. The van der Waals surface area contributed by atoms with Crippen molar-refractivity contribution in [1.82, 2.24) is 5.32 Å². The number of carbonyl (C=O) groups excluding carboxylic acids is 1. The Bertz CT molecular complexity index is 1550. The van der Waals surface area contributed by atoms with Gasteiger partial charge in [-0.15, -0.1) is 0 Å². The number of rotatable bonds is 11. The van der Waals surface area contributed by atoms with Gasteiger partial charge in [0.05, 0.1) is 6.10 Å². The Morgan fingerprint density at radius 2 is 1.42 bits per heavy atom. The topological polar surface area (TPSA) is 47.6 Å². The number of amides is 1. The summed E-state index contributed by atoms with van der Waals surface area (Å²) in [6.07, 6.45) is -12.1. The lowest BCUT2D eigenvalue weighted by Crippen LogP contribution is -2.50. The van der Waals surface area contributed by atoms with Crippen molar-refractivity contribution in [1.29, 1.82) is 0 Å². The third-order valence-corrected chi connectivity index (χ3v) is 6.40. The molecule has 4 aromatic rings. The van der Waals surface area contributed by atoms with Crippen LogP contribution in [-0.2, 0) is 5.54 Å². The minimum Gasteiger partial charge on any atom is -0.488 e. The molecule has 43 heavy (non-hydrogen) atoms. The minimum atomic E-state index is -5.02. The van der Waals surface area contributed by atoms with E-state index in [1.807, 2.05) is 0 Å². The lowest BCUT2D eigenvalue weighted by molar-refractivity contribution is -0.253. The quantitative estimate of drug-likeness (QED) is 0.175. The van der Waals surface area contributed by atoms with Crippen LogP contribution in [0.4, 0.5) is 30.7 Å². The van der Waals surface area contributed by atoms with E-state index >= 15 is 8.78 Å². The zero-order valence-corrected chi connectivity index (χ0v) is 22.8. The first-order valence-electron chi connectivity index (χ1n) is 13.0. The molecule has 2 atom stereocenters. The predicted molar refractivity (Wildman–Crippen MR) is 145 cm³/mol. The van der Waals surface area contributed by atoms with Gasteiger partial charge in [0.15, 0.2) is 17.7 Å². The predicted octanol–water partition coefficient (Wildman–Crippen LogP) is 8.37. The normalized spacial score (nSPS) is 13.8. The van der Waals surface area contributed by atoms with Crippen LogP contribution in [-0.4, -0.2) is 24.5 Å². The molecule has 226 valence electrons. The average molecular weight is 606 g/mol. The van der Waals surface area contributed by atoms with Crippen molar-refractivity contribution >= 4 is 5.91 Å². The number of alkyl halides is 5. The highest BCUT2D eigenvalue weighted by Crippen LogP contribution is 2.46. The van der Waals surface area contributed by atoms with Crippen molar-refractivity contribution in [2.75, 3.05) is 0 Å². The molecule has 0 spiro atoms. The van der Waals surface area contributed by atoms with Crippen LogP contribution in [0, 0.1) is 11.6 Å². The zero-order chi connectivity index (χ0) is 31.4. The van der Waals surface area contributed by atoms with Crippen LogP contribution in [0.3, 0.4) is 0 Å². The molecule has 0 unspecified atom stereocenters. The van der Waals surface area contributed by atoms with E-state index < -0.39 is 59.2 Å². The molecule has 1 N–H and O–H groups in total. The van der Waals surface area contributed by atoms with Crippen molar-refractivity contribution < 1.29 is 45.0 Å². The Kier molecular flexibility index (Phi) is 9.32. The fourth-order valence-corrected chi connectivity index (χ4v) is 4.52. The van der Waals surface area contributed by atoms with Gasteiger partial charge in [-0.1, -0.05) is 54.6 Å². The van der Waals surface area contributed by atoms with Gasteiger partial charge in [-0.2, -0.15) is 17.6 Å². The number of ether oxygens (including phenoxy) is 2. The molecule has 4 aromatic carbocycles. The molecule has 4 nitrogen and oxygen atoms in total. The van der Waals surface area contributed by atoms with Crippen LogP contribution in [0.15, 0.2) is 97.1 Å². The number of hydrogen-bond acceptors (Lipinski definition) is 3. The fraction of sp³-hybridized carbons (Fsp3) is 0.219. The monoisotopic (exact) mass is 605 g/mol. The highest BCUT2D eigenvalue weighted by molar-refractivity contribution is 5.95. The second-order valence-electron chi connectivity index (χ2n) is 9.85. The van der Waals surface area contributed by atoms with Gasteiger partial charge in [0.1, 0.15) is 17.1 Å². The standard InChI is InChI=1S/C32H26F7NO3/c1-19(2)42-27-17-22(13-14-26(27)34)31(28(35)20-9-5-3-6-10-20,40-29(41)21-11-7-4-8-12-21)23-15-24(33)18-25(16-23)43-32(38,39)30(36)37/h3-19,28,30H,1-2H3,(H,40,41)/t28-,31-/m1/s1. The van der Waals surface area contributed by atoms with Gasteiger partial charge in [-0.05, 0) is 66.9 Å². The molecule has 0 aliphatic heterocycles. The second kappa shape index (κ2) is 12.8. The Hall–Kier alpha value is -4.54. The lowest BCUT2D eigenvalue weighted by Gasteiger charge is -2.39. The first-order chi connectivity index (χ1) is 20.3. The third-order valence-electron chi connectivity index (χ3n) is 6.40. The van der Waals surface area contributed by atoms with E-state index in [0.29, 0.717) is 12.1 Å². The maximum atomic E-state index is 17.1. The third kappa shape index (κ3) is 6.93. The molecule has 0 bridgehead atoms. The van der Waals surface area contributed by atoms with E-state index in [0.717, 1.165) is 24.3 Å². The van der Waals surface area contributed by atoms with Crippen LogP contribution in [0.1, 0.15) is 47.1 Å². The Labute approximate surface area is 243 Å². The fourth-order valence-electron chi connectivity index (χ4n) is 4.52. The molecule has 0 aliphatic carbocycles. The van der Waals surface area contributed by atoms with Crippen LogP contribution < -0.4 is 14.8 Å². The first kappa shape index (κ1) is 31.4. The molecule has 11 heteroatoms. The number of hydrogen-bond donors (Lipinski definition) is 1. The summed E-state index contributed by atoms with van der Waals surface area (Å²) in [6, 6.07) is 19.8. The molecule has 0 heterocycles. The van der Waals surface area contributed by atoms with Crippen LogP contribution in [0.25, 0.3) is 0 Å². The van der Waals surface area contributed by atoms with Crippen LogP contribution in [0.2, 0.25) is 0 Å². The second-order valence-corrected chi connectivity index (χ2v) is 9.85. The van der Waals surface area contributed by atoms with Gasteiger partial charge in [-0.25, -0.2) is 13.2 Å². The van der Waals surface area contributed by atoms with Crippen molar-refractivity contribution in [3.63, 3.8) is 0 Å². The van der Waals surface area contributed by atoms with Crippen molar-refractivity contribution in [2.45, 2.75) is 44.2 Å². The first-order valence-corrected chi connectivity index (χ1v) is 13.0. The molecule has 0 radical (unpaired) electrons. The Morgan fingerprint density at radius 1 is 0.791 bits per heavy atom. The zero-order valence-electron chi connectivity index (χ0n) is 22.8. The summed E-state index contributed by atoms with van der Waals surface area (Å²) in [4.78, 5) is 13.6. The summed E-state index contributed by atoms with van der Waals surface area (Å²) >= 11 is 0. The maximum absolute atomic E-state index is 17.1. The van der Waals surface area contributed by atoms with E-state index in [-0.39, 0.29) is 22.4 Å². The SMILES string of the molecule is CC(C)Oc1cc([C@@](NC(=O)c2ccccc2)(c2cc(F)cc(OC(F)(F)C(F)F)c2)[C@H](F)c2ccccc2)ccc1F. The summed E-state index contributed by atoms with van der Waals surface area (Å²) in [5, 5.41) is 2.57. The lowest BCUT2D eigenvalue weighted by atomic mass is 9.76. The van der Waals surface area contributed by atoms with E-state index in [1.165, 1.54) is 48.5 Å². The van der Waals surface area contributed by atoms with Gasteiger partial charge >= 0.3 is 12.5 Å². The molecule has 0 aromatic heterocycles. The average Bonchev–Trinajstić information content (AvgIpc) is 2.96. The molecule has 0 fully saturated rings. The van der Waals surface area contributed by atoms with Gasteiger partial charge in [0, 0.05) is 11.6 Å². The van der Waals surface area contributed by atoms with E-state index in [4.69, 9.17) is 4.74 Å². The summed E-state index contributed by atoms with van der Waals surface area (Å²) < 4.78 is 110. The molecular formula is C32H26F7NO3. The van der Waals surface area contributed by atoms with Gasteiger partial charge < -0.3 is 14.8 Å². The number of carbonyl (C=O) groups is 1. The van der Waals surface area contributed by atoms with Gasteiger partial charge in [0.25, 0.3) is 5.91 Å². The smallest absolute Gasteiger partial charge is 0.461 e. The summed E-state index contributed by atoms with van der Waals surface area (Å²) in [6.45, 7) is 3.22. The van der Waals surface area contributed by atoms with Gasteiger partial charge in [-0.3, -0.25) is 4.79 Å². The highest BCUT2D eigenvalue weighted by atomic mass is 19.3. The number of halogens is 7. The van der Waals surface area contributed by atoms with Gasteiger partial charge in [0.2, 0.25) is 0 Å². The number of nitrogens with one attached hydrogen (secondary N) is 1. The number of benzene rings is 4. The van der Waals surface area contributed by atoms with E-state index in [2.05, 4.69) is 10.1 Å². The van der Waals surface area contributed by atoms with E-state index in [1.54, 1.807) is 26.0 Å². The molecule has 0 saturated carbocycles. The Balaban J connectivity index is 2.05. The van der Waals surface area contributed by atoms with Crippen LogP contribution >= 0.6 is 0 Å². The summed E-state index contributed by atoms with van der Waals surface area (Å²) in [5.41, 5.74) is -3.16. The van der Waals surface area contributed by atoms with Crippen molar-refractivity contribution in [3.8, 4) is 11.5 Å². The molecule has 1 amide bonds. The van der Waals surface area contributed by atoms with Crippen molar-refractivity contribution in [2.24, 2.45) is 0 Å². The highest BCUT2D eigenvalue weighted by Gasteiger charge is 2.48. The summed E-state index contributed by atoms with van der Waals surface area (Å²) in [5.74, 6) is -4.39. The Morgan fingerprint density at radius 3 is 2.02 bits per heavy atom.